The van der Waals surface area contributed by atoms with Gasteiger partial charge in [-0.25, -0.2) is 5.10 Å². The Labute approximate surface area is 173 Å². The molecular weight excluding hydrogens is 376 g/mol. The molecule has 1 saturated carbocycles. The van der Waals surface area contributed by atoms with Gasteiger partial charge in [0.2, 0.25) is 0 Å². The predicted molar refractivity (Wildman–Crippen MR) is 117 cm³/mol. The molecule has 0 unspecified atom stereocenters. The summed E-state index contributed by atoms with van der Waals surface area (Å²) in [4.78, 5) is 29.0. The van der Waals surface area contributed by atoms with E-state index in [9.17, 15) is 9.59 Å². The molecule has 0 radical (unpaired) electrons. The largest absolute Gasteiger partial charge is 0.348 e. The molecule has 0 aliphatic heterocycles. The third kappa shape index (κ3) is 3.45. The summed E-state index contributed by atoms with van der Waals surface area (Å²) in [6, 6.07) is 17.5. The number of nitrogens with one attached hydrogen (secondary N) is 2. The summed E-state index contributed by atoms with van der Waals surface area (Å²) in [6.07, 6.45) is 5.32. The van der Waals surface area contributed by atoms with Crippen LogP contribution in [0.5, 0.6) is 0 Å². The molecule has 2 heterocycles. The molecule has 2 N–H and O–H groups in total. The van der Waals surface area contributed by atoms with Gasteiger partial charge >= 0.3 is 0 Å². The quantitative estimate of drug-likeness (QED) is 0.547. The Morgan fingerprint density at radius 2 is 1.63 bits per heavy atom. The number of H-pyrrole nitrogens is 1. The van der Waals surface area contributed by atoms with Crippen molar-refractivity contribution in [2.75, 3.05) is 0 Å². The fourth-order valence-corrected chi connectivity index (χ4v) is 4.43. The number of benzene rings is 2. The van der Waals surface area contributed by atoms with Crippen molar-refractivity contribution < 1.29 is 4.79 Å². The number of carbonyl (C=O) groups excluding carboxylic acids is 1. The fourth-order valence-electron chi connectivity index (χ4n) is 4.43. The van der Waals surface area contributed by atoms with Crippen LogP contribution in [0, 0.1) is 0 Å². The molecule has 6 heteroatoms. The summed E-state index contributed by atoms with van der Waals surface area (Å²) < 4.78 is 0. The lowest BCUT2D eigenvalue weighted by Crippen LogP contribution is -2.37. The molecule has 1 aliphatic rings. The summed E-state index contributed by atoms with van der Waals surface area (Å²) in [7, 11) is 0. The first-order valence-electron chi connectivity index (χ1n) is 10.3. The van der Waals surface area contributed by atoms with Gasteiger partial charge < -0.3 is 5.32 Å². The Morgan fingerprint density at radius 3 is 2.43 bits per heavy atom. The molecule has 6 nitrogen and oxygen atoms in total. The van der Waals surface area contributed by atoms with E-state index in [0.717, 1.165) is 47.5 Å². The number of carbonyl (C=O) groups is 1. The average molecular weight is 398 g/mol. The first kappa shape index (κ1) is 18.5. The Kier molecular flexibility index (Phi) is 4.75. The van der Waals surface area contributed by atoms with Crippen molar-refractivity contribution in [3.05, 3.63) is 82.5 Å². The summed E-state index contributed by atoms with van der Waals surface area (Å²) in [5, 5.41) is 13.8. The second-order valence-corrected chi connectivity index (χ2v) is 7.92. The zero-order valence-corrected chi connectivity index (χ0v) is 16.5. The van der Waals surface area contributed by atoms with Gasteiger partial charge in [-0.15, -0.1) is 0 Å². The van der Waals surface area contributed by atoms with Gasteiger partial charge in [-0.2, -0.15) is 5.10 Å². The number of hydrogen-bond donors (Lipinski definition) is 2. The number of aromatic amines is 1. The van der Waals surface area contributed by atoms with Crippen LogP contribution in [0.1, 0.15) is 47.8 Å². The summed E-state index contributed by atoms with van der Waals surface area (Å²) in [5.74, 6) is 0.149. The van der Waals surface area contributed by atoms with E-state index in [1.54, 1.807) is 6.20 Å². The second-order valence-electron chi connectivity index (χ2n) is 7.92. The maximum Gasteiger partial charge on any atom is 0.272 e. The van der Waals surface area contributed by atoms with Crippen molar-refractivity contribution in [2.24, 2.45) is 0 Å². The molecule has 1 fully saturated rings. The van der Waals surface area contributed by atoms with Crippen molar-refractivity contribution in [3.63, 3.8) is 0 Å². The molecule has 0 spiro atoms. The highest BCUT2D eigenvalue weighted by Gasteiger charge is 2.26. The van der Waals surface area contributed by atoms with E-state index in [2.05, 4.69) is 20.5 Å². The first-order chi connectivity index (χ1) is 14.7. The van der Waals surface area contributed by atoms with Crippen LogP contribution in [-0.4, -0.2) is 27.1 Å². The number of fused-ring (bicyclic) bond motifs is 2. The number of aromatic nitrogens is 3. The molecule has 1 aliphatic carbocycles. The van der Waals surface area contributed by atoms with E-state index in [-0.39, 0.29) is 23.4 Å². The topological polar surface area (TPSA) is 87.7 Å². The van der Waals surface area contributed by atoms with Crippen LogP contribution in [0.15, 0.2) is 65.6 Å². The molecule has 150 valence electrons. The highest BCUT2D eigenvalue weighted by Crippen LogP contribution is 2.34. The minimum atomic E-state index is -0.154. The van der Waals surface area contributed by atoms with Crippen LogP contribution in [-0.2, 0) is 0 Å². The third-order valence-corrected chi connectivity index (χ3v) is 6.04. The lowest BCUT2D eigenvalue weighted by atomic mass is 9.82. The molecule has 0 saturated heterocycles. The SMILES string of the molecule is O=C(NC1CCC(c2n[nH]c(=O)c3ccccc23)CC1)c1cc2ccccc2cn1. The van der Waals surface area contributed by atoms with E-state index in [1.165, 1.54) is 0 Å². The molecule has 0 bridgehead atoms. The Bertz CT molecular complexity index is 1290. The molecule has 2 aromatic heterocycles. The molecule has 30 heavy (non-hydrogen) atoms. The van der Waals surface area contributed by atoms with Crippen molar-refractivity contribution in [2.45, 2.75) is 37.6 Å². The summed E-state index contributed by atoms with van der Waals surface area (Å²) >= 11 is 0. The van der Waals surface area contributed by atoms with Crippen LogP contribution in [0.25, 0.3) is 21.5 Å². The zero-order chi connectivity index (χ0) is 20.5. The van der Waals surface area contributed by atoms with Gasteiger partial charge in [0, 0.05) is 28.9 Å². The molecule has 4 aromatic rings. The predicted octanol–water partition coefficient (Wildman–Crippen LogP) is 3.93. The smallest absolute Gasteiger partial charge is 0.272 e. The highest BCUT2D eigenvalue weighted by molar-refractivity contribution is 5.96. The van der Waals surface area contributed by atoms with Gasteiger partial charge in [0.05, 0.1) is 11.1 Å². The normalized spacial score (nSPS) is 19.1. The number of nitrogens with zero attached hydrogens (tertiary/aromatic N) is 2. The lowest BCUT2D eigenvalue weighted by Gasteiger charge is -2.29. The molecule has 1 amide bonds. The molecule has 2 aromatic carbocycles. The van der Waals surface area contributed by atoms with Gasteiger partial charge in [0.1, 0.15) is 5.69 Å². The molecular formula is C24H22N4O2. The van der Waals surface area contributed by atoms with Crippen molar-refractivity contribution >= 4 is 27.5 Å². The van der Waals surface area contributed by atoms with E-state index in [0.29, 0.717) is 11.1 Å². The van der Waals surface area contributed by atoms with Gasteiger partial charge in [0.25, 0.3) is 11.5 Å². The van der Waals surface area contributed by atoms with Crippen molar-refractivity contribution in [1.29, 1.82) is 0 Å². The maximum atomic E-state index is 12.7. The molecule has 5 rings (SSSR count). The van der Waals surface area contributed by atoms with Crippen molar-refractivity contribution in [1.82, 2.24) is 20.5 Å². The monoisotopic (exact) mass is 398 g/mol. The first-order valence-corrected chi connectivity index (χ1v) is 10.3. The number of rotatable bonds is 3. The maximum absolute atomic E-state index is 12.7. The average Bonchev–Trinajstić information content (AvgIpc) is 2.80. The minimum absolute atomic E-state index is 0.121. The fraction of sp³-hybridized carbons (Fsp3) is 0.250. The zero-order valence-electron chi connectivity index (χ0n) is 16.5. The Balaban J connectivity index is 1.28. The Hall–Kier alpha value is -3.54. The summed E-state index contributed by atoms with van der Waals surface area (Å²) in [6.45, 7) is 0. The number of hydrogen-bond acceptors (Lipinski definition) is 4. The number of amides is 1. The van der Waals surface area contributed by atoms with E-state index in [4.69, 9.17) is 0 Å². The van der Waals surface area contributed by atoms with E-state index >= 15 is 0 Å². The van der Waals surface area contributed by atoms with Crippen LogP contribution in [0.2, 0.25) is 0 Å². The highest BCUT2D eigenvalue weighted by atomic mass is 16.2. The number of pyridine rings is 1. The van der Waals surface area contributed by atoms with Crippen LogP contribution < -0.4 is 10.9 Å². The molecule has 0 atom stereocenters. The van der Waals surface area contributed by atoms with Crippen LogP contribution in [0.4, 0.5) is 0 Å². The minimum Gasteiger partial charge on any atom is -0.348 e. The summed E-state index contributed by atoms with van der Waals surface area (Å²) in [5.41, 5.74) is 1.24. The third-order valence-electron chi connectivity index (χ3n) is 6.04. The van der Waals surface area contributed by atoms with Crippen LogP contribution in [0.3, 0.4) is 0 Å². The lowest BCUT2D eigenvalue weighted by molar-refractivity contribution is 0.0921. The van der Waals surface area contributed by atoms with Crippen molar-refractivity contribution in [3.8, 4) is 0 Å². The van der Waals surface area contributed by atoms with E-state index < -0.39 is 0 Å². The van der Waals surface area contributed by atoms with Gasteiger partial charge in [-0.1, -0.05) is 42.5 Å². The van der Waals surface area contributed by atoms with Gasteiger partial charge in [0.15, 0.2) is 0 Å². The van der Waals surface area contributed by atoms with E-state index in [1.807, 2.05) is 54.6 Å². The van der Waals surface area contributed by atoms with Crippen LogP contribution >= 0.6 is 0 Å². The second kappa shape index (κ2) is 7.71. The Morgan fingerprint density at radius 1 is 0.933 bits per heavy atom. The van der Waals surface area contributed by atoms with Gasteiger partial charge in [-0.05, 0) is 43.2 Å². The van der Waals surface area contributed by atoms with Gasteiger partial charge in [-0.3, -0.25) is 14.6 Å². The standard InChI is InChI=1S/C24H22N4O2/c29-23-20-8-4-3-7-19(20)22(27-28-23)15-9-11-18(12-10-15)26-24(30)21-13-16-5-1-2-6-17(16)14-25-21/h1-8,13-15,18H,9-12H2,(H,26,30)(H,28,29).